The molecular weight excluding hydrogens is 306 g/mol. The Hall–Kier alpha value is -2.41. The predicted octanol–water partition coefficient (Wildman–Crippen LogP) is 1.70. The van der Waals surface area contributed by atoms with Crippen molar-refractivity contribution in [2.45, 2.75) is 32.4 Å². The van der Waals surface area contributed by atoms with Crippen LogP contribution in [0.5, 0.6) is 11.6 Å². The van der Waals surface area contributed by atoms with Crippen LogP contribution < -0.4 is 20.1 Å². The summed E-state index contributed by atoms with van der Waals surface area (Å²) >= 11 is 0. The predicted molar refractivity (Wildman–Crippen MR) is 91.3 cm³/mol. The standard InChI is InChI=1S/C17H23N5O2/c1-12-9-13(10-18)20-21-17(12)22-7-5-14(6-8-22)24-15-3-4-16(23-2)19-11-15/h3-4,9,11,14H,5-8,10,18H2,1-2H3. The molecule has 1 fully saturated rings. The molecule has 2 N–H and O–H groups in total. The van der Waals surface area contributed by atoms with Crippen molar-refractivity contribution in [3.05, 3.63) is 35.7 Å². The van der Waals surface area contributed by atoms with E-state index in [0.717, 1.165) is 48.8 Å². The number of nitrogens with zero attached hydrogens (tertiary/aromatic N) is 4. The van der Waals surface area contributed by atoms with Crippen LogP contribution >= 0.6 is 0 Å². The molecule has 7 heteroatoms. The van der Waals surface area contributed by atoms with Gasteiger partial charge >= 0.3 is 0 Å². The maximum Gasteiger partial charge on any atom is 0.213 e. The number of piperidine rings is 1. The maximum atomic E-state index is 6.01. The molecule has 1 saturated heterocycles. The fourth-order valence-electron chi connectivity index (χ4n) is 2.88. The van der Waals surface area contributed by atoms with Gasteiger partial charge in [-0.05, 0) is 24.6 Å². The highest BCUT2D eigenvalue weighted by Crippen LogP contribution is 2.24. The molecule has 0 spiro atoms. The third-order valence-electron chi connectivity index (χ3n) is 4.18. The van der Waals surface area contributed by atoms with Gasteiger partial charge < -0.3 is 20.1 Å². The van der Waals surface area contributed by atoms with E-state index in [0.29, 0.717) is 12.4 Å². The van der Waals surface area contributed by atoms with E-state index in [1.165, 1.54) is 0 Å². The number of hydrogen-bond donors (Lipinski definition) is 1. The summed E-state index contributed by atoms with van der Waals surface area (Å²) in [5.74, 6) is 2.31. The Morgan fingerprint density at radius 2 is 2.04 bits per heavy atom. The smallest absolute Gasteiger partial charge is 0.213 e. The zero-order valence-corrected chi connectivity index (χ0v) is 14.1. The second-order valence-corrected chi connectivity index (χ2v) is 5.89. The van der Waals surface area contributed by atoms with Crippen LogP contribution in [0, 0.1) is 6.92 Å². The number of hydrogen-bond acceptors (Lipinski definition) is 7. The summed E-state index contributed by atoms with van der Waals surface area (Å²) in [6.07, 6.45) is 3.76. The van der Waals surface area contributed by atoms with Crippen molar-refractivity contribution in [1.29, 1.82) is 0 Å². The second-order valence-electron chi connectivity index (χ2n) is 5.89. The molecule has 2 aromatic rings. The monoisotopic (exact) mass is 329 g/mol. The number of aromatic nitrogens is 3. The highest BCUT2D eigenvalue weighted by molar-refractivity contribution is 5.46. The van der Waals surface area contributed by atoms with Crippen LogP contribution in [0.4, 0.5) is 5.82 Å². The van der Waals surface area contributed by atoms with E-state index in [9.17, 15) is 0 Å². The van der Waals surface area contributed by atoms with Gasteiger partial charge in [-0.1, -0.05) is 0 Å². The fraction of sp³-hybridized carbons (Fsp3) is 0.471. The first-order valence-corrected chi connectivity index (χ1v) is 8.14. The zero-order valence-electron chi connectivity index (χ0n) is 14.1. The minimum absolute atomic E-state index is 0.188. The topological polar surface area (TPSA) is 86.4 Å². The first kappa shape index (κ1) is 16.4. The molecule has 0 saturated carbocycles. The van der Waals surface area contributed by atoms with Gasteiger partial charge in [0.1, 0.15) is 11.9 Å². The van der Waals surface area contributed by atoms with Crippen molar-refractivity contribution >= 4 is 5.82 Å². The summed E-state index contributed by atoms with van der Waals surface area (Å²) in [7, 11) is 1.60. The molecular formula is C17H23N5O2. The van der Waals surface area contributed by atoms with Gasteiger partial charge in [-0.2, -0.15) is 5.10 Å². The van der Waals surface area contributed by atoms with Crippen LogP contribution in [-0.4, -0.2) is 41.5 Å². The molecule has 0 radical (unpaired) electrons. The Morgan fingerprint density at radius 1 is 1.25 bits per heavy atom. The Balaban J connectivity index is 1.57. The van der Waals surface area contributed by atoms with Crippen molar-refractivity contribution in [3.8, 4) is 11.6 Å². The highest BCUT2D eigenvalue weighted by atomic mass is 16.5. The molecule has 24 heavy (non-hydrogen) atoms. The van der Waals surface area contributed by atoms with Crippen LogP contribution in [0.2, 0.25) is 0 Å². The molecule has 7 nitrogen and oxygen atoms in total. The van der Waals surface area contributed by atoms with Gasteiger partial charge in [-0.25, -0.2) is 4.98 Å². The van der Waals surface area contributed by atoms with E-state index in [-0.39, 0.29) is 6.10 Å². The van der Waals surface area contributed by atoms with Crippen LogP contribution in [0.3, 0.4) is 0 Å². The molecule has 0 aliphatic carbocycles. The Labute approximate surface area is 141 Å². The molecule has 1 aliphatic rings. The van der Waals surface area contributed by atoms with Gasteiger partial charge in [-0.3, -0.25) is 0 Å². The molecule has 0 atom stereocenters. The van der Waals surface area contributed by atoms with Crippen molar-refractivity contribution < 1.29 is 9.47 Å². The average Bonchev–Trinajstić information content (AvgIpc) is 2.63. The third-order valence-corrected chi connectivity index (χ3v) is 4.18. The summed E-state index contributed by atoms with van der Waals surface area (Å²) in [6.45, 7) is 4.26. The van der Waals surface area contributed by atoms with Crippen molar-refractivity contribution in [3.63, 3.8) is 0 Å². The summed E-state index contributed by atoms with van der Waals surface area (Å²) < 4.78 is 11.1. The number of nitrogens with two attached hydrogens (primary N) is 1. The number of methoxy groups -OCH3 is 1. The van der Waals surface area contributed by atoms with E-state index < -0.39 is 0 Å². The second kappa shape index (κ2) is 7.44. The lowest BCUT2D eigenvalue weighted by atomic mass is 10.1. The molecule has 0 bridgehead atoms. The molecule has 2 aromatic heterocycles. The molecule has 3 rings (SSSR count). The number of aryl methyl sites for hydroxylation is 1. The SMILES string of the molecule is COc1ccc(OC2CCN(c3nnc(CN)cc3C)CC2)cn1. The Kier molecular flexibility index (Phi) is 5.10. The average molecular weight is 329 g/mol. The van der Waals surface area contributed by atoms with E-state index in [4.69, 9.17) is 15.2 Å². The number of rotatable bonds is 5. The lowest BCUT2D eigenvalue weighted by Gasteiger charge is -2.33. The Bertz CT molecular complexity index is 669. The lowest BCUT2D eigenvalue weighted by Crippen LogP contribution is -2.39. The van der Waals surface area contributed by atoms with E-state index in [1.807, 2.05) is 18.2 Å². The van der Waals surface area contributed by atoms with Crippen LogP contribution in [0.25, 0.3) is 0 Å². The summed E-state index contributed by atoms with van der Waals surface area (Å²) in [5.41, 5.74) is 7.55. The molecule has 3 heterocycles. The van der Waals surface area contributed by atoms with Gasteiger partial charge in [0, 0.05) is 38.5 Å². The highest BCUT2D eigenvalue weighted by Gasteiger charge is 2.23. The number of anilines is 1. The minimum atomic E-state index is 0.188. The van der Waals surface area contributed by atoms with Gasteiger partial charge in [0.25, 0.3) is 0 Å². The van der Waals surface area contributed by atoms with E-state index >= 15 is 0 Å². The lowest BCUT2D eigenvalue weighted by molar-refractivity contribution is 0.169. The van der Waals surface area contributed by atoms with Gasteiger partial charge in [0.2, 0.25) is 5.88 Å². The van der Waals surface area contributed by atoms with Gasteiger partial charge in [0.15, 0.2) is 5.82 Å². The largest absolute Gasteiger partial charge is 0.489 e. The van der Waals surface area contributed by atoms with Crippen molar-refractivity contribution in [2.75, 3.05) is 25.1 Å². The van der Waals surface area contributed by atoms with Crippen LogP contribution in [0.1, 0.15) is 24.1 Å². The Morgan fingerprint density at radius 3 is 2.62 bits per heavy atom. The zero-order chi connectivity index (χ0) is 16.9. The van der Waals surface area contributed by atoms with Crippen molar-refractivity contribution in [2.24, 2.45) is 5.73 Å². The first-order valence-electron chi connectivity index (χ1n) is 8.14. The van der Waals surface area contributed by atoms with Crippen molar-refractivity contribution in [1.82, 2.24) is 15.2 Å². The van der Waals surface area contributed by atoms with Crippen LogP contribution in [0.15, 0.2) is 24.4 Å². The third kappa shape index (κ3) is 3.73. The number of pyridine rings is 1. The number of ether oxygens (including phenoxy) is 2. The molecule has 1 aliphatic heterocycles. The van der Waals surface area contributed by atoms with Gasteiger partial charge in [-0.15, -0.1) is 5.10 Å². The van der Waals surface area contributed by atoms with E-state index in [1.54, 1.807) is 13.3 Å². The molecule has 0 amide bonds. The minimum Gasteiger partial charge on any atom is -0.489 e. The van der Waals surface area contributed by atoms with E-state index in [2.05, 4.69) is 27.0 Å². The first-order chi connectivity index (χ1) is 11.7. The fourth-order valence-corrected chi connectivity index (χ4v) is 2.88. The summed E-state index contributed by atoms with van der Waals surface area (Å²) in [4.78, 5) is 6.43. The molecule has 0 unspecified atom stereocenters. The van der Waals surface area contributed by atoms with Gasteiger partial charge in [0.05, 0.1) is 19.0 Å². The van der Waals surface area contributed by atoms with Crippen LogP contribution in [-0.2, 0) is 6.54 Å². The molecule has 0 aromatic carbocycles. The summed E-state index contributed by atoms with van der Waals surface area (Å²) in [6, 6.07) is 5.70. The molecule has 128 valence electrons. The quantitative estimate of drug-likeness (QED) is 0.893. The maximum absolute atomic E-state index is 6.01. The summed E-state index contributed by atoms with van der Waals surface area (Å²) in [5, 5.41) is 8.50. The normalized spacial score (nSPS) is 15.4.